The number of likely N-dealkylation sites (tertiary alicyclic amines) is 1. The van der Waals surface area contributed by atoms with Crippen molar-refractivity contribution in [2.75, 3.05) is 0 Å². The van der Waals surface area contributed by atoms with E-state index >= 15 is 0 Å². The zero-order valence-corrected chi connectivity index (χ0v) is 9.10. The van der Waals surface area contributed by atoms with Crippen molar-refractivity contribution in [3.05, 3.63) is 12.2 Å². The van der Waals surface area contributed by atoms with Gasteiger partial charge in [0.15, 0.2) is 0 Å². The quantitative estimate of drug-likeness (QED) is 0.754. The third-order valence-corrected chi connectivity index (χ3v) is 3.05. The van der Waals surface area contributed by atoms with E-state index in [1.807, 2.05) is 4.90 Å². The number of aromatic amines is 1. The van der Waals surface area contributed by atoms with Crippen LogP contribution in [-0.2, 0) is 0 Å². The normalized spacial score (nSPS) is 26.7. The van der Waals surface area contributed by atoms with Crippen LogP contribution in [0.5, 0.6) is 0 Å². The maximum Gasteiger partial charge on any atom is 0.291 e. The predicted octanol–water partition coefficient (Wildman–Crippen LogP) is 1.21. The molecule has 1 fully saturated rings. The summed E-state index contributed by atoms with van der Waals surface area (Å²) in [4.78, 5) is 17.9. The maximum absolute atomic E-state index is 12.1. The van der Waals surface area contributed by atoms with Crippen molar-refractivity contribution in [2.45, 2.75) is 45.2 Å². The lowest BCUT2D eigenvalue weighted by molar-refractivity contribution is 0.0498. The topological polar surface area (TPSA) is 61.9 Å². The van der Waals surface area contributed by atoms with Gasteiger partial charge in [-0.05, 0) is 33.1 Å². The Bertz CT molecular complexity index is 325. The first-order valence-electron chi connectivity index (χ1n) is 5.38. The third kappa shape index (κ3) is 1.86. The number of piperidine rings is 1. The van der Waals surface area contributed by atoms with Crippen LogP contribution in [0, 0.1) is 0 Å². The molecule has 1 aliphatic rings. The molecule has 2 atom stereocenters. The molecule has 0 aromatic carbocycles. The Kier molecular flexibility index (Phi) is 2.70. The number of rotatable bonds is 1. The highest BCUT2D eigenvalue weighted by Crippen LogP contribution is 2.23. The van der Waals surface area contributed by atoms with Gasteiger partial charge in [0.25, 0.3) is 5.91 Å². The minimum Gasteiger partial charge on any atom is -0.331 e. The zero-order valence-electron chi connectivity index (χ0n) is 9.10. The zero-order chi connectivity index (χ0) is 10.8. The molecule has 15 heavy (non-hydrogen) atoms. The van der Waals surface area contributed by atoms with Gasteiger partial charge in [-0.15, -0.1) is 0 Å². The summed E-state index contributed by atoms with van der Waals surface area (Å²) in [5, 5.41) is 6.33. The van der Waals surface area contributed by atoms with Crippen LogP contribution < -0.4 is 0 Å². The van der Waals surface area contributed by atoms with E-state index in [1.54, 1.807) is 0 Å². The van der Waals surface area contributed by atoms with E-state index in [2.05, 4.69) is 29.0 Å². The van der Waals surface area contributed by atoms with Gasteiger partial charge in [-0.25, -0.2) is 4.98 Å². The number of hydrogen-bond acceptors (Lipinski definition) is 3. The third-order valence-electron chi connectivity index (χ3n) is 3.05. The van der Waals surface area contributed by atoms with Gasteiger partial charge in [0.1, 0.15) is 6.33 Å². The number of amides is 1. The molecule has 0 bridgehead atoms. The highest BCUT2D eigenvalue weighted by atomic mass is 16.2. The van der Waals surface area contributed by atoms with E-state index in [0.717, 1.165) is 12.8 Å². The first kappa shape index (κ1) is 10.1. The molecule has 0 spiro atoms. The summed E-state index contributed by atoms with van der Waals surface area (Å²) >= 11 is 0. The van der Waals surface area contributed by atoms with Crippen LogP contribution in [0.25, 0.3) is 0 Å². The van der Waals surface area contributed by atoms with Gasteiger partial charge in [0.2, 0.25) is 5.82 Å². The number of aromatic nitrogens is 3. The molecule has 0 aliphatic carbocycles. The van der Waals surface area contributed by atoms with Crippen LogP contribution >= 0.6 is 0 Å². The van der Waals surface area contributed by atoms with Crippen molar-refractivity contribution in [1.29, 1.82) is 0 Å². The Balaban J connectivity index is 2.17. The molecule has 82 valence electrons. The summed E-state index contributed by atoms with van der Waals surface area (Å²) in [5.41, 5.74) is 0. The molecule has 5 heteroatoms. The summed E-state index contributed by atoms with van der Waals surface area (Å²) < 4.78 is 0. The highest BCUT2D eigenvalue weighted by Gasteiger charge is 2.30. The Morgan fingerprint density at radius 2 is 2.13 bits per heavy atom. The van der Waals surface area contributed by atoms with Crippen molar-refractivity contribution in [1.82, 2.24) is 20.1 Å². The molecule has 2 heterocycles. The fourth-order valence-electron chi connectivity index (χ4n) is 2.25. The van der Waals surface area contributed by atoms with Gasteiger partial charge < -0.3 is 4.90 Å². The summed E-state index contributed by atoms with van der Waals surface area (Å²) in [7, 11) is 0. The molecule has 2 rings (SSSR count). The van der Waals surface area contributed by atoms with Crippen LogP contribution in [0.2, 0.25) is 0 Å². The Morgan fingerprint density at radius 1 is 1.47 bits per heavy atom. The number of H-pyrrole nitrogens is 1. The van der Waals surface area contributed by atoms with E-state index in [9.17, 15) is 4.79 Å². The van der Waals surface area contributed by atoms with Crippen LogP contribution in [-0.4, -0.2) is 38.1 Å². The molecule has 1 aliphatic heterocycles. The first-order valence-corrected chi connectivity index (χ1v) is 5.38. The summed E-state index contributed by atoms with van der Waals surface area (Å²) in [6.07, 6.45) is 4.71. The SMILES string of the molecule is CC1CCCC(C)N1C(=O)c1ncn[nH]1. The van der Waals surface area contributed by atoms with E-state index in [0.29, 0.717) is 17.9 Å². The van der Waals surface area contributed by atoms with Crippen molar-refractivity contribution in [2.24, 2.45) is 0 Å². The van der Waals surface area contributed by atoms with E-state index in [4.69, 9.17) is 0 Å². The highest BCUT2D eigenvalue weighted by molar-refractivity contribution is 5.90. The lowest BCUT2D eigenvalue weighted by Gasteiger charge is -2.38. The number of nitrogens with one attached hydrogen (secondary N) is 1. The van der Waals surface area contributed by atoms with Gasteiger partial charge in [-0.3, -0.25) is 9.89 Å². The molecule has 1 amide bonds. The monoisotopic (exact) mass is 208 g/mol. The molecule has 1 aromatic heterocycles. The molecule has 2 unspecified atom stereocenters. The molecule has 0 radical (unpaired) electrons. The van der Waals surface area contributed by atoms with Gasteiger partial charge >= 0.3 is 0 Å². The smallest absolute Gasteiger partial charge is 0.291 e. The maximum atomic E-state index is 12.1. The van der Waals surface area contributed by atoms with Gasteiger partial charge in [-0.1, -0.05) is 0 Å². The number of nitrogens with zero attached hydrogens (tertiary/aromatic N) is 3. The second-order valence-electron chi connectivity index (χ2n) is 4.18. The molecule has 0 saturated carbocycles. The minimum atomic E-state index is -0.0350. The largest absolute Gasteiger partial charge is 0.331 e. The van der Waals surface area contributed by atoms with Crippen molar-refractivity contribution in [3.8, 4) is 0 Å². The molecule has 1 N–H and O–H groups in total. The average molecular weight is 208 g/mol. The van der Waals surface area contributed by atoms with Gasteiger partial charge in [0, 0.05) is 12.1 Å². The van der Waals surface area contributed by atoms with Crippen LogP contribution in [0.4, 0.5) is 0 Å². The first-order chi connectivity index (χ1) is 7.20. The van der Waals surface area contributed by atoms with Gasteiger partial charge in [-0.2, -0.15) is 5.10 Å². The molecule has 5 nitrogen and oxygen atoms in total. The van der Waals surface area contributed by atoms with Crippen LogP contribution in [0.1, 0.15) is 43.7 Å². The molecular formula is C10H16N4O. The molecule has 1 aromatic rings. The van der Waals surface area contributed by atoms with Crippen LogP contribution in [0.15, 0.2) is 6.33 Å². The van der Waals surface area contributed by atoms with E-state index in [-0.39, 0.29) is 5.91 Å². The van der Waals surface area contributed by atoms with Gasteiger partial charge in [0.05, 0.1) is 0 Å². The Hall–Kier alpha value is -1.39. The lowest BCUT2D eigenvalue weighted by atomic mass is 9.97. The Morgan fingerprint density at radius 3 is 2.67 bits per heavy atom. The number of carbonyl (C=O) groups excluding carboxylic acids is 1. The van der Waals surface area contributed by atoms with Crippen molar-refractivity contribution < 1.29 is 4.79 Å². The summed E-state index contributed by atoms with van der Waals surface area (Å²) in [6, 6.07) is 0.595. The van der Waals surface area contributed by atoms with Crippen molar-refractivity contribution >= 4 is 5.91 Å². The second-order valence-corrected chi connectivity index (χ2v) is 4.18. The van der Waals surface area contributed by atoms with Crippen LogP contribution in [0.3, 0.4) is 0 Å². The summed E-state index contributed by atoms with van der Waals surface area (Å²) in [6.45, 7) is 4.17. The average Bonchev–Trinajstić information content (AvgIpc) is 2.69. The minimum absolute atomic E-state index is 0.0350. The molecular weight excluding hydrogens is 192 g/mol. The van der Waals surface area contributed by atoms with E-state index in [1.165, 1.54) is 12.7 Å². The second kappa shape index (κ2) is 4.00. The van der Waals surface area contributed by atoms with Crippen molar-refractivity contribution in [3.63, 3.8) is 0 Å². The number of hydrogen-bond donors (Lipinski definition) is 1. The number of carbonyl (C=O) groups is 1. The fraction of sp³-hybridized carbons (Fsp3) is 0.700. The predicted molar refractivity (Wildman–Crippen MR) is 55.3 cm³/mol. The lowest BCUT2D eigenvalue weighted by Crippen LogP contribution is -2.47. The summed E-state index contributed by atoms with van der Waals surface area (Å²) in [5.74, 6) is 0.308. The van der Waals surface area contributed by atoms with E-state index < -0.39 is 0 Å². The Labute approximate surface area is 88.9 Å². The molecule has 1 saturated heterocycles. The standard InChI is InChI=1S/C10H16N4O/c1-7-4-3-5-8(2)14(7)10(15)9-11-6-12-13-9/h6-8H,3-5H2,1-2H3,(H,11,12,13). The fourth-order valence-corrected chi connectivity index (χ4v) is 2.25.